The van der Waals surface area contributed by atoms with Crippen molar-refractivity contribution in [2.45, 2.75) is 44.6 Å². The minimum absolute atomic E-state index is 0.0322. The van der Waals surface area contributed by atoms with Crippen LogP contribution in [0.4, 0.5) is 17.6 Å². The van der Waals surface area contributed by atoms with Crippen LogP contribution in [0.3, 0.4) is 0 Å². The Labute approximate surface area is 207 Å². The molecule has 3 aromatic carbocycles. The molecule has 0 spiro atoms. The zero-order valence-corrected chi connectivity index (χ0v) is 19.8. The Morgan fingerprint density at radius 2 is 1.58 bits per heavy atom. The molecule has 1 aliphatic rings. The molecule has 0 heterocycles. The highest BCUT2D eigenvalue weighted by molar-refractivity contribution is 5.90. The largest absolute Gasteiger partial charge is 0.491 e. The lowest BCUT2D eigenvalue weighted by Gasteiger charge is -2.29. The summed E-state index contributed by atoms with van der Waals surface area (Å²) in [6.07, 6.45) is 2.81. The topological polar surface area (TPSA) is 35.5 Å². The molecular formula is C29H26F4O3. The SMILES string of the molecule is C=Cc1ccc(-c2ccc(C(=O)OC3CCC(c4ccc(OCC)c(F)c4F)CC3)c(F)c2F)cc1. The highest BCUT2D eigenvalue weighted by atomic mass is 19.2. The molecule has 1 saturated carbocycles. The number of esters is 1. The van der Waals surface area contributed by atoms with Gasteiger partial charge >= 0.3 is 5.97 Å². The molecule has 1 aliphatic carbocycles. The zero-order chi connectivity index (χ0) is 25.8. The number of rotatable bonds is 7. The quantitative estimate of drug-likeness (QED) is 0.246. The number of carbonyl (C=O) groups is 1. The minimum atomic E-state index is -1.27. The molecule has 0 aliphatic heterocycles. The fraction of sp³-hybridized carbons (Fsp3) is 0.276. The summed E-state index contributed by atoms with van der Waals surface area (Å²) in [4.78, 5) is 12.6. The molecule has 0 unspecified atom stereocenters. The summed E-state index contributed by atoms with van der Waals surface area (Å²) >= 11 is 0. The smallest absolute Gasteiger partial charge is 0.341 e. The van der Waals surface area contributed by atoms with Gasteiger partial charge in [-0.05, 0) is 67.3 Å². The van der Waals surface area contributed by atoms with E-state index in [2.05, 4.69) is 6.58 Å². The van der Waals surface area contributed by atoms with E-state index in [0.29, 0.717) is 31.2 Å². The number of hydrogen-bond acceptors (Lipinski definition) is 3. The van der Waals surface area contributed by atoms with Crippen LogP contribution >= 0.6 is 0 Å². The maximum absolute atomic E-state index is 14.8. The van der Waals surface area contributed by atoms with Gasteiger partial charge in [-0.1, -0.05) is 49.1 Å². The van der Waals surface area contributed by atoms with Crippen LogP contribution in [0.5, 0.6) is 5.75 Å². The fourth-order valence-corrected chi connectivity index (χ4v) is 4.56. The van der Waals surface area contributed by atoms with Crippen molar-refractivity contribution in [3.05, 3.63) is 95.1 Å². The van der Waals surface area contributed by atoms with E-state index < -0.39 is 40.9 Å². The molecule has 36 heavy (non-hydrogen) atoms. The van der Waals surface area contributed by atoms with Gasteiger partial charge in [0.25, 0.3) is 0 Å². The summed E-state index contributed by atoms with van der Waals surface area (Å²) in [5.74, 6) is -5.68. The van der Waals surface area contributed by atoms with Crippen LogP contribution < -0.4 is 4.74 Å². The van der Waals surface area contributed by atoms with Crippen molar-refractivity contribution < 1.29 is 31.8 Å². The van der Waals surface area contributed by atoms with Crippen LogP contribution in [0, 0.1) is 23.3 Å². The van der Waals surface area contributed by atoms with Crippen molar-refractivity contribution in [3.63, 3.8) is 0 Å². The average molecular weight is 499 g/mol. The number of carbonyl (C=O) groups excluding carboxylic acids is 1. The first-order valence-electron chi connectivity index (χ1n) is 11.9. The molecule has 0 atom stereocenters. The zero-order valence-electron chi connectivity index (χ0n) is 19.8. The maximum Gasteiger partial charge on any atom is 0.341 e. The van der Waals surface area contributed by atoms with E-state index in [1.807, 2.05) is 0 Å². The first-order valence-corrected chi connectivity index (χ1v) is 11.9. The summed E-state index contributed by atoms with van der Waals surface area (Å²) in [6.45, 7) is 5.57. The van der Waals surface area contributed by atoms with E-state index in [1.54, 1.807) is 37.3 Å². The van der Waals surface area contributed by atoms with E-state index in [0.717, 1.165) is 5.56 Å². The molecule has 3 aromatic rings. The van der Waals surface area contributed by atoms with Gasteiger partial charge in [0, 0.05) is 5.56 Å². The molecule has 188 valence electrons. The van der Waals surface area contributed by atoms with Gasteiger partial charge in [0.1, 0.15) is 6.10 Å². The van der Waals surface area contributed by atoms with Gasteiger partial charge in [-0.2, -0.15) is 4.39 Å². The lowest BCUT2D eigenvalue weighted by molar-refractivity contribution is 0.0188. The van der Waals surface area contributed by atoms with Crippen molar-refractivity contribution in [1.82, 2.24) is 0 Å². The van der Waals surface area contributed by atoms with Crippen LogP contribution in [0.25, 0.3) is 17.2 Å². The molecule has 0 bridgehead atoms. The Bertz CT molecular complexity index is 1260. The Morgan fingerprint density at radius 1 is 0.889 bits per heavy atom. The standard InChI is InChI=1S/C29H26F4O3/c1-3-17-5-7-18(8-6-17)21-13-14-23(27(32)25(21)30)29(34)36-20-11-9-19(10-12-20)22-15-16-24(35-4-2)28(33)26(22)31/h3,5-8,13-16,19-20H,1,4,9-12H2,2H3. The first-order chi connectivity index (χ1) is 17.3. The van der Waals surface area contributed by atoms with Crippen molar-refractivity contribution in [1.29, 1.82) is 0 Å². The van der Waals surface area contributed by atoms with Gasteiger partial charge in [-0.15, -0.1) is 0 Å². The minimum Gasteiger partial charge on any atom is -0.491 e. The maximum atomic E-state index is 14.8. The number of hydrogen-bond donors (Lipinski definition) is 0. The monoisotopic (exact) mass is 498 g/mol. The first kappa shape index (κ1) is 25.5. The number of benzene rings is 3. The van der Waals surface area contributed by atoms with Gasteiger partial charge < -0.3 is 9.47 Å². The number of ether oxygens (including phenoxy) is 2. The van der Waals surface area contributed by atoms with E-state index >= 15 is 0 Å². The Morgan fingerprint density at radius 3 is 2.22 bits per heavy atom. The van der Waals surface area contributed by atoms with Crippen LogP contribution in [-0.4, -0.2) is 18.7 Å². The second kappa shape index (κ2) is 11.0. The third-order valence-corrected chi connectivity index (χ3v) is 6.52. The lowest BCUT2D eigenvalue weighted by Crippen LogP contribution is -2.25. The van der Waals surface area contributed by atoms with Crippen molar-refractivity contribution in [2.75, 3.05) is 6.61 Å². The molecule has 0 amide bonds. The van der Waals surface area contributed by atoms with Gasteiger partial charge in [0.05, 0.1) is 12.2 Å². The van der Waals surface area contributed by atoms with Gasteiger partial charge in [0.15, 0.2) is 23.2 Å². The third kappa shape index (κ3) is 5.15. The van der Waals surface area contributed by atoms with Gasteiger partial charge in [-0.3, -0.25) is 0 Å². The van der Waals surface area contributed by atoms with Gasteiger partial charge in [0.2, 0.25) is 5.82 Å². The molecular weight excluding hydrogens is 472 g/mol. The van der Waals surface area contributed by atoms with Crippen molar-refractivity contribution in [2.24, 2.45) is 0 Å². The Balaban J connectivity index is 1.41. The predicted molar refractivity (Wildman–Crippen MR) is 130 cm³/mol. The Kier molecular flexibility index (Phi) is 7.77. The highest BCUT2D eigenvalue weighted by Gasteiger charge is 2.30. The second-order valence-corrected chi connectivity index (χ2v) is 8.71. The summed E-state index contributed by atoms with van der Waals surface area (Å²) < 4.78 is 68.9. The molecule has 0 saturated heterocycles. The van der Waals surface area contributed by atoms with Crippen LogP contribution in [0.15, 0.2) is 55.1 Å². The molecule has 1 fully saturated rings. The average Bonchev–Trinajstić information content (AvgIpc) is 2.89. The molecule has 0 radical (unpaired) electrons. The summed E-state index contributed by atoms with van der Waals surface area (Å²) in [6, 6.07) is 12.2. The van der Waals surface area contributed by atoms with Gasteiger partial charge in [-0.25, -0.2) is 18.0 Å². The molecule has 0 N–H and O–H groups in total. The molecule has 7 heteroatoms. The normalized spacial score (nSPS) is 17.5. The van der Waals surface area contributed by atoms with Crippen LogP contribution in [0.2, 0.25) is 0 Å². The second-order valence-electron chi connectivity index (χ2n) is 8.71. The lowest BCUT2D eigenvalue weighted by atomic mass is 9.82. The molecule has 0 aromatic heterocycles. The number of halogens is 4. The van der Waals surface area contributed by atoms with E-state index in [4.69, 9.17) is 9.47 Å². The van der Waals surface area contributed by atoms with E-state index in [1.165, 1.54) is 24.3 Å². The summed E-state index contributed by atoms with van der Waals surface area (Å²) in [5.41, 5.74) is 1.11. The highest BCUT2D eigenvalue weighted by Crippen LogP contribution is 2.38. The molecule has 4 rings (SSSR count). The van der Waals surface area contributed by atoms with Crippen molar-refractivity contribution >= 4 is 12.0 Å². The van der Waals surface area contributed by atoms with E-state index in [-0.39, 0.29) is 29.4 Å². The third-order valence-electron chi connectivity index (χ3n) is 6.52. The van der Waals surface area contributed by atoms with E-state index in [9.17, 15) is 22.4 Å². The Hall–Kier alpha value is -3.61. The van der Waals surface area contributed by atoms with Crippen LogP contribution in [-0.2, 0) is 4.74 Å². The summed E-state index contributed by atoms with van der Waals surface area (Å²) in [7, 11) is 0. The fourth-order valence-electron chi connectivity index (χ4n) is 4.56. The molecule has 3 nitrogen and oxygen atoms in total. The van der Waals surface area contributed by atoms with Crippen LogP contribution in [0.1, 0.15) is 60.0 Å². The van der Waals surface area contributed by atoms with Crippen molar-refractivity contribution in [3.8, 4) is 16.9 Å². The predicted octanol–water partition coefficient (Wildman–Crippen LogP) is 7.83. The summed E-state index contributed by atoms with van der Waals surface area (Å²) in [5, 5.41) is 0.